The van der Waals surface area contributed by atoms with Crippen molar-refractivity contribution in [3.63, 3.8) is 0 Å². The topological polar surface area (TPSA) is 26.3 Å². The molecule has 0 aromatic heterocycles. The van der Waals surface area contributed by atoms with Crippen molar-refractivity contribution in [3.8, 4) is 0 Å². The summed E-state index contributed by atoms with van der Waals surface area (Å²) in [5, 5.41) is 0. The fraction of sp³-hybridized carbons (Fsp3) is 0.700. The van der Waals surface area contributed by atoms with Gasteiger partial charge in [0.1, 0.15) is 0 Å². The Morgan fingerprint density at radius 1 is 1.58 bits per heavy atom. The second-order valence-electron chi connectivity index (χ2n) is 2.97. The van der Waals surface area contributed by atoms with Crippen LogP contribution in [0.4, 0.5) is 0 Å². The van der Waals surface area contributed by atoms with E-state index in [1.165, 1.54) is 7.11 Å². The fourth-order valence-electron chi connectivity index (χ4n) is 0.909. The lowest BCUT2D eigenvalue weighted by Crippen LogP contribution is -2.04. The lowest BCUT2D eigenvalue weighted by Gasteiger charge is -2.02. The van der Waals surface area contributed by atoms with Gasteiger partial charge in [0.25, 0.3) is 0 Å². The van der Waals surface area contributed by atoms with Gasteiger partial charge in [0.15, 0.2) is 0 Å². The zero-order valence-electron chi connectivity index (χ0n) is 8.17. The van der Waals surface area contributed by atoms with E-state index in [9.17, 15) is 4.79 Å². The van der Waals surface area contributed by atoms with Crippen molar-refractivity contribution >= 4 is 5.97 Å². The van der Waals surface area contributed by atoms with Gasteiger partial charge in [-0.2, -0.15) is 0 Å². The molecule has 0 aromatic rings. The Balaban J connectivity index is 3.58. The van der Waals surface area contributed by atoms with Crippen molar-refractivity contribution < 1.29 is 9.53 Å². The summed E-state index contributed by atoms with van der Waals surface area (Å²) < 4.78 is 4.55. The third-order valence-electron chi connectivity index (χ3n) is 1.64. The van der Waals surface area contributed by atoms with Crippen LogP contribution in [0.3, 0.4) is 0 Å². The van der Waals surface area contributed by atoms with E-state index in [1.807, 2.05) is 6.92 Å². The summed E-state index contributed by atoms with van der Waals surface area (Å²) in [6.07, 6.45) is 6.91. The molecule has 0 bridgehead atoms. The highest BCUT2D eigenvalue weighted by Crippen LogP contribution is 2.05. The molecule has 0 aliphatic carbocycles. The Morgan fingerprint density at radius 3 is 2.75 bits per heavy atom. The van der Waals surface area contributed by atoms with E-state index in [0.29, 0.717) is 12.3 Å². The average molecular weight is 170 g/mol. The summed E-state index contributed by atoms with van der Waals surface area (Å²) in [6.45, 7) is 4.15. The van der Waals surface area contributed by atoms with Crippen LogP contribution in [0.1, 0.15) is 33.1 Å². The molecular weight excluding hydrogens is 152 g/mol. The van der Waals surface area contributed by atoms with E-state index in [2.05, 4.69) is 23.8 Å². The first kappa shape index (κ1) is 11.2. The van der Waals surface area contributed by atoms with Gasteiger partial charge in [-0.3, -0.25) is 4.79 Å². The van der Waals surface area contributed by atoms with Gasteiger partial charge >= 0.3 is 5.97 Å². The predicted octanol–water partition coefficient (Wildman–Crippen LogP) is 2.54. The van der Waals surface area contributed by atoms with Crippen LogP contribution in [0.5, 0.6) is 0 Å². The number of carbonyl (C=O) groups excluding carboxylic acids is 1. The molecule has 0 N–H and O–H groups in total. The minimum Gasteiger partial charge on any atom is -0.469 e. The molecule has 0 fully saturated rings. The summed E-state index contributed by atoms with van der Waals surface area (Å²) in [6, 6.07) is 0. The molecule has 0 spiro atoms. The molecule has 0 rings (SSSR count). The number of hydrogen-bond acceptors (Lipinski definition) is 2. The lowest BCUT2D eigenvalue weighted by molar-refractivity contribution is -0.141. The Bertz CT molecular complexity index is 150. The molecule has 0 aliphatic heterocycles. The summed E-state index contributed by atoms with van der Waals surface area (Å²) in [5.41, 5.74) is 0. The van der Waals surface area contributed by atoms with Gasteiger partial charge in [-0.15, -0.1) is 0 Å². The maximum Gasteiger partial charge on any atom is 0.306 e. The van der Waals surface area contributed by atoms with Crippen LogP contribution >= 0.6 is 0 Å². The summed E-state index contributed by atoms with van der Waals surface area (Å²) in [4.78, 5) is 10.8. The molecule has 1 atom stereocenters. The van der Waals surface area contributed by atoms with Crippen molar-refractivity contribution in [1.82, 2.24) is 0 Å². The maximum absolute atomic E-state index is 10.8. The SMILES string of the molecule is CCCC=CC(C)CC(=O)OC. The molecule has 0 aliphatic rings. The molecule has 0 aromatic carbocycles. The van der Waals surface area contributed by atoms with Crippen LogP contribution < -0.4 is 0 Å². The maximum atomic E-state index is 10.8. The molecule has 0 radical (unpaired) electrons. The third-order valence-corrected chi connectivity index (χ3v) is 1.64. The minimum atomic E-state index is -0.136. The van der Waals surface area contributed by atoms with Crippen molar-refractivity contribution in [2.24, 2.45) is 5.92 Å². The smallest absolute Gasteiger partial charge is 0.306 e. The van der Waals surface area contributed by atoms with E-state index >= 15 is 0 Å². The Morgan fingerprint density at radius 2 is 2.25 bits per heavy atom. The Kier molecular flexibility index (Phi) is 6.44. The highest BCUT2D eigenvalue weighted by atomic mass is 16.5. The molecule has 2 heteroatoms. The van der Waals surface area contributed by atoms with Crippen molar-refractivity contribution in [3.05, 3.63) is 12.2 Å². The van der Waals surface area contributed by atoms with E-state index in [4.69, 9.17) is 0 Å². The first-order chi connectivity index (χ1) is 5.70. The van der Waals surface area contributed by atoms with Gasteiger partial charge in [0.2, 0.25) is 0 Å². The molecule has 0 saturated carbocycles. The van der Waals surface area contributed by atoms with Gasteiger partial charge in [0, 0.05) is 0 Å². The number of hydrogen-bond donors (Lipinski definition) is 0. The van der Waals surface area contributed by atoms with Crippen LogP contribution in [0, 0.1) is 5.92 Å². The zero-order valence-corrected chi connectivity index (χ0v) is 8.17. The van der Waals surface area contributed by atoms with Gasteiger partial charge < -0.3 is 4.74 Å². The van der Waals surface area contributed by atoms with Gasteiger partial charge in [-0.05, 0) is 12.3 Å². The molecule has 0 saturated heterocycles. The van der Waals surface area contributed by atoms with E-state index in [-0.39, 0.29) is 5.97 Å². The third kappa shape index (κ3) is 5.96. The first-order valence-electron chi connectivity index (χ1n) is 4.44. The Hall–Kier alpha value is -0.790. The Labute approximate surface area is 74.6 Å². The lowest BCUT2D eigenvalue weighted by atomic mass is 10.1. The summed E-state index contributed by atoms with van der Waals surface area (Å²) in [5.74, 6) is 0.160. The zero-order chi connectivity index (χ0) is 9.40. The van der Waals surface area contributed by atoms with Crippen LogP contribution in [0.25, 0.3) is 0 Å². The van der Waals surface area contributed by atoms with E-state index in [1.54, 1.807) is 0 Å². The number of esters is 1. The van der Waals surface area contributed by atoms with Crippen molar-refractivity contribution in [2.45, 2.75) is 33.1 Å². The van der Waals surface area contributed by atoms with Crippen molar-refractivity contribution in [2.75, 3.05) is 7.11 Å². The summed E-state index contributed by atoms with van der Waals surface area (Å²) >= 11 is 0. The number of ether oxygens (including phenoxy) is 1. The second kappa shape index (κ2) is 6.89. The van der Waals surface area contributed by atoms with Gasteiger partial charge in [-0.25, -0.2) is 0 Å². The van der Waals surface area contributed by atoms with Crippen molar-refractivity contribution in [1.29, 1.82) is 0 Å². The molecular formula is C10H18O2. The minimum absolute atomic E-state index is 0.136. The standard InChI is InChI=1S/C10H18O2/c1-4-5-6-7-9(2)8-10(11)12-3/h6-7,9H,4-5,8H2,1-3H3. The number of unbranched alkanes of at least 4 members (excludes halogenated alkanes) is 1. The monoisotopic (exact) mass is 170 g/mol. The van der Waals surface area contributed by atoms with Crippen LogP contribution in [0.15, 0.2) is 12.2 Å². The van der Waals surface area contributed by atoms with E-state index in [0.717, 1.165) is 12.8 Å². The quantitative estimate of drug-likeness (QED) is 0.468. The largest absolute Gasteiger partial charge is 0.469 e. The molecule has 70 valence electrons. The van der Waals surface area contributed by atoms with Crippen LogP contribution in [-0.4, -0.2) is 13.1 Å². The molecule has 0 amide bonds. The van der Waals surface area contributed by atoms with Crippen LogP contribution in [0.2, 0.25) is 0 Å². The number of carbonyl (C=O) groups is 1. The molecule has 0 heterocycles. The summed E-state index contributed by atoms with van der Waals surface area (Å²) in [7, 11) is 1.42. The molecule has 12 heavy (non-hydrogen) atoms. The second-order valence-corrected chi connectivity index (χ2v) is 2.97. The highest BCUT2D eigenvalue weighted by Gasteiger charge is 2.04. The van der Waals surface area contributed by atoms with Crippen LogP contribution in [-0.2, 0) is 9.53 Å². The number of methoxy groups -OCH3 is 1. The molecule has 2 nitrogen and oxygen atoms in total. The van der Waals surface area contributed by atoms with Gasteiger partial charge in [0.05, 0.1) is 13.5 Å². The number of allylic oxidation sites excluding steroid dienone is 2. The predicted molar refractivity (Wildman–Crippen MR) is 49.8 cm³/mol. The van der Waals surface area contributed by atoms with Gasteiger partial charge in [-0.1, -0.05) is 32.4 Å². The molecule has 1 unspecified atom stereocenters. The normalized spacial score (nSPS) is 13.2. The fourth-order valence-corrected chi connectivity index (χ4v) is 0.909. The first-order valence-corrected chi connectivity index (χ1v) is 4.44. The number of rotatable bonds is 5. The van der Waals surface area contributed by atoms with E-state index < -0.39 is 0 Å². The average Bonchev–Trinajstić information content (AvgIpc) is 2.05. The highest BCUT2D eigenvalue weighted by molar-refractivity contribution is 5.69.